The normalized spacial score (nSPS) is 10.6. The van der Waals surface area contributed by atoms with Crippen LogP contribution in [0.25, 0.3) is 5.65 Å². The van der Waals surface area contributed by atoms with Gasteiger partial charge in [-0.1, -0.05) is 0 Å². The first kappa shape index (κ1) is 8.68. The SMILES string of the molecule is Cc1nc2ccc(I)cn2c1C=O. The van der Waals surface area contributed by atoms with Crippen molar-refractivity contribution in [2.45, 2.75) is 6.92 Å². The van der Waals surface area contributed by atoms with Gasteiger partial charge in [-0.2, -0.15) is 0 Å². The van der Waals surface area contributed by atoms with Crippen molar-refractivity contribution in [2.75, 3.05) is 0 Å². The third-order valence-corrected chi connectivity index (χ3v) is 2.55. The lowest BCUT2D eigenvalue weighted by molar-refractivity contribution is 0.111. The van der Waals surface area contributed by atoms with Crippen molar-refractivity contribution >= 4 is 34.5 Å². The topological polar surface area (TPSA) is 34.4 Å². The molecule has 0 bridgehead atoms. The van der Waals surface area contributed by atoms with Gasteiger partial charge in [-0.3, -0.25) is 9.20 Å². The third kappa shape index (κ3) is 1.35. The van der Waals surface area contributed by atoms with E-state index >= 15 is 0 Å². The number of carbonyl (C=O) groups is 1. The zero-order valence-corrected chi connectivity index (χ0v) is 9.15. The van der Waals surface area contributed by atoms with Crippen LogP contribution in [0.1, 0.15) is 16.2 Å². The Kier molecular flexibility index (Phi) is 2.07. The number of imidazole rings is 1. The molecule has 3 nitrogen and oxygen atoms in total. The van der Waals surface area contributed by atoms with Crippen LogP contribution >= 0.6 is 22.6 Å². The molecule has 13 heavy (non-hydrogen) atoms. The molecular formula is C9H7IN2O. The van der Waals surface area contributed by atoms with Gasteiger partial charge in [0.25, 0.3) is 0 Å². The van der Waals surface area contributed by atoms with Crippen LogP contribution < -0.4 is 0 Å². The zero-order chi connectivity index (χ0) is 9.42. The van der Waals surface area contributed by atoms with Gasteiger partial charge in [-0.15, -0.1) is 0 Å². The minimum atomic E-state index is 0.633. The monoisotopic (exact) mass is 286 g/mol. The highest BCUT2D eigenvalue weighted by Crippen LogP contribution is 2.12. The largest absolute Gasteiger partial charge is 0.296 e. The van der Waals surface area contributed by atoms with Gasteiger partial charge in [0.1, 0.15) is 11.3 Å². The van der Waals surface area contributed by atoms with Crippen molar-refractivity contribution in [2.24, 2.45) is 0 Å². The summed E-state index contributed by atoms with van der Waals surface area (Å²) >= 11 is 2.21. The van der Waals surface area contributed by atoms with Crippen molar-refractivity contribution in [1.29, 1.82) is 0 Å². The van der Waals surface area contributed by atoms with Gasteiger partial charge < -0.3 is 0 Å². The molecule has 0 unspecified atom stereocenters. The molecule has 2 rings (SSSR count). The number of fused-ring (bicyclic) bond motifs is 1. The lowest BCUT2D eigenvalue weighted by Crippen LogP contribution is -1.92. The molecule has 0 fully saturated rings. The highest BCUT2D eigenvalue weighted by molar-refractivity contribution is 14.1. The summed E-state index contributed by atoms with van der Waals surface area (Å²) in [6.07, 6.45) is 2.74. The number of halogens is 1. The lowest BCUT2D eigenvalue weighted by atomic mass is 10.4. The number of hydrogen-bond acceptors (Lipinski definition) is 2. The standard InChI is InChI=1S/C9H7IN2O/c1-6-8(5-13)12-4-7(10)2-3-9(12)11-6/h2-5H,1H3. The molecule has 0 aliphatic heterocycles. The smallest absolute Gasteiger partial charge is 0.168 e. The number of aldehydes is 1. The maximum Gasteiger partial charge on any atom is 0.168 e. The summed E-state index contributed by atoms with van der Waals surface area (Å²) in [4.78, 5) is 15.0. The van der Waals surface area contributed by atoms with Gasteiger partial charge in [0, 0.05) is 9.77 Å². The van der Waals surface area contributed by atoms with Crippen LogP contribution in [0.2, 0.25) is 0 Å². The van der Waals surface area contributed by atoms with E-state index in [1.54, 1.807) is 0 Å². The summed E-state index contributed by atoms with van der Waals surface area (Å²) in [5.41, 5.74) is 2.23. The maximum absolute atomic E-state index is 10.8. The Balaban J connectivity index is 2.88. The highest BCUT2D eigenvalue weighted by Gasteiger charge is 2.06. The van der Waals surface area contributed by atoms with E-state index in [1.807, 2.05) is 29.7 Å². The first-order valence-electron chi connectivity index (χ1n) is 3.82. The molecule has 0 N–H and O–H groups in total. The van der Waals surface area contributed by atoms with E-state index in [0.717, 1.165) is 21.2 Å². The van der Waals surface area contributed by atoms with Crippen LogP contribution in [0.3, 0.4) is 0 Å². The first-order valence-corrected chi connectivity index (χ1v) is 4.89. The molecule has 4 heteroatoms. The van der Waals surface area contributed by atoms with Gasteiger partial charge in [0.05, 0.1) is 5.69 Å². The molecule has 0 aromatic carbocycles. The fourth-order valence-electron chi connectivity index (χ4n) is 1.30. The molecule has 0 aliphatic rings. The fourth-order valence-corrected chi connectivity index (χ4v) is 1.75. The molecule has 0 aliphatic carbocycles. The average molecular weight is 286 g/mol. The van der Waals surface area contributed by atoms with Gasteiger partial charge in [0.15, 0.2) is 6.29 Å². The van der Waals surface area contributed by atoms with E-state index in [1.165, 1.54) is 0 Å². The van der Waals surface area contributed by atoms with Gasteiger partial charge in [0.2, 0.25) is 0 Å². The van der Waals surface area contributed by atoms with Crippen LogP contribution in [-0.4, -0.2) is 15.7 Å². The molecule has 2 aromatic heterocycles. The number of hydrogen-bond donors (Lipinski definition) is 0. The number of aromatic nitrogens is 2. The molecule has 0 atom stereocenters. The minimum absolute atomic E-state index is 0.633. The Morgan fingerprint density at radius 1 is 1.54 bits per heavy atom. The van der Waals surface area contributed by atoms with Crippen molar-refractivity contribution in [1.82, 2.24) is 9.38 Å². The molecule has 2 aromatic rings. The fraction of sp³-hybridized carbons (Fsp3) is 0.111. The molecule has 0 saturated carbocycles. The Hall–Kier alpha value is -0.910. The second-order valence-electron chi connectivity index (χ2n) is 2.78. The Morgan fingerprint density at radius 2 is 2.31 bits per heavy atom. The molecular weight excluding hydrogens is 279 g/mol. The summed E-state index contributed by atoms with van der Waals surface area (Å²) in [5, 5.41) is 0. The van der Waals surface area contributed by atoms with Crippen LogP contribution in [0.15, 0.2) is 18.3 Å². The number of nitrogens with zero attached hydrogens (tertiary/aromatic N) is 2. The Bertz CT molecular complexity index is 476. The van der Waals surface area contributed by atoms with E-state index in [-0.39, 0.29) is 0 Å². The third-order valence-electron chi connectivity index (χ3n) is 1.91. The molecule has 2 heterocycles. The molecule has 66 valence electrons. The quantitative estimate of drug-likeness (QED) is 0.594. The number of carbonyl (C=O) groups excluding carboxylic acids is 1. The molecule has 0 amide bonds. The second-order valence-corrected chi connectivity index (χ2v) is 4.02. The van der Waals surface area contributed by atoms with E-state index in [9.17, 15) is 4.79 Å². The van der Waals surface area contributed by atoms with E-state index in [0.29, 0.717) is 5.69 Å². The van der Waals surface area contributed by atoms with E-state index in [4.69, 9.17) is 0 Å². The van der Waals surface area contributed by atoms with Crippen molar-refractivity contribution < 1.29 is 4.79 Å². The molecule has 0 saturated heterocycles. The summed E-state index contributed by atoms with van der Waals surface area (Å²) in [5.74, 6) is 0. The lowest BCUT2D eigenvalue weighted by Gasteiger charge is -1.95. The summed E-state index contributed by atoms with van der Waals surface area (Å²) < 4.78 is 2.90. The Morgan fingerprint density at radius 3 is 3.00 bits per heavy atom. The highest BCUT2D eigenvalue weighted by atomic mass is 127. The Labute approximate surface area is 88.9 Å². The minimum Gasteiger partial charge on any atom is -0.296 e. The number of aryl methyl sites for hydroxylation is 1. The van der Waals surface area contributed by atoms with E-state index < -0.39 is 0 Å². The first-order chi connectivity index (χ1) is 6.22. The predicted octanol–water partition coefficient (Wildman–Crippen LogP) is 2.06. The van der Waals surface area contributed by atoms with Crippen LogP contribution in [0.4, 0.5) is 0 Å². The molecule has 0 radical (unpaired) electrons. The summed E-state index contributed by atoms with van der Waals surface area (Å²) in [6.45, 7) is 1.84. The number of rotatable bonds is 1. The van der Waals surface area contributed by atoms with Crippen LogP contribution in [0, 0.1) is 10.5 Å². The van der Waals surface area contributed by atoms with Crippen LogP contribution in [0.5, 0.6) is 0 Å². The summed E-state index contributed by atoms with van der Waals surface area (Å²) in [7, 11) is 0. The van der Waals surface area contributed by atoms with Crippen molar-refractivity contribution in [3.8, 4) is 0 Å². The maximum atomic E-state index is 10.8. The zero-order valence-electron chi connectivity index (χ0n) is 6.99. The van der Waals surface area contributed by atoms with E-state index in [2.05, 4.69) is 27.6 Å². The van der Waals surface area contributed by atoms with Crippen molar-refractivity contribution in [3.05, 3.63) is 33.3 Å². The predicted molar refractivity (Wildman–Crippen MR) is 58.0 cm³/mol. The van der Waals surface area contributed by atoms with Gasteiger partial charge >= 0.3 is 0 Å². The van der Waals surface area contributed by atoms with Gasteiger partial charge in [-0.05, 0) is 41.6 Å². The average Bonchev–Trinajstić information content (AvgIpc) is 2.40. The van der Waals surface area contributed by atoms with Crippen LogP contribution in [-0.2, 0) is 0 Å². The van der Waals surface area contributed by atoms with Gasteiger partial charge in [-0.25, -0.2) is 4.98 Å². The van der Waals surface area contributed by atoms with Crippen molar-refractivity contribution in [3.63, 3.8) is 0 Å². The summed E-state index contributed by atoms with van der Waals surface area (Å²) in [6, 6.07) is 3.87. The second kappa shape index (κ2) is 3.10. The number of pyridine rings is 1. The molecule has 0 spiro atoms.